The van der Waals surface area contributed by atoms with Gasteiger partial charge in [-0.15, -0.1) is 0 Å². The van der Waals surface area contributed by atoms with Crippen LogP contribution in [0.1, 0.15) is 91.0 Å². The number of aliphatic imine (C=N–C) groups is 1. The Labute approximate surface area is 185 Å². The number of ketones is 1. The predicted octanol–water partition coefficient (Wildman–Crippen LogP) is 6.72. The molecular formula is C26H37F2NO2. The molecule has 1 heterocycles. The zero-order valence-electron chi connectivity index (χ0n) is 19.4. The molecule has 1 aromatic rings. The van der Waals surface area contributed by atoms with Gasteiger partial charge in [-0.2, -0.15) is 0 Å². The molecule has 1 aromatic carbocycles. The lowest BCUT2D eigenvalue weighted by atomic mass is 9.74. The highest BCUT2D eigenvalue weighted by atomic mass is 19.2. The zero-order valence-corrected chi connectivity index (χ0v) is 19.4. The molecule has 1 aliphatic carbocycles. The molecule has 31 heavy (non-hydrogen) atoms. The quantitative estimate of drug-likeness (QED) is 0.463. The summed E-state index contributed by atoms with van der Waals surface area (Å²) < 4.78 is 27.6. The third kappa shape index (κ3) is 6.68. The molecule has 5 heteroatoms. The summed E-state index contributed by atoms with van der Waals surface area (Å²) in [7, 11) is 0. The van der Waals surface area contributed by atoms with E-state index < -0.39 is 17.2 Å². The van der Waals surface area contributed by atoms with Crippen LogP contribution in [0.5, 0.6) is 0 Å². The standard InChI is InChI=1S/C26H37F2NO2/c1-25(2,3)19-10-9-17-13-22(27)23(28)15-24(17)29-20(14-19)7-5-6-8-21(30)16-26(4,31)18-11-12-18/h13,15,18-19,31H,5-12,14,16H2,1-4H3/b29-20-. The number of hydrogen-bond acceptors (Lipinski definition) is 3. The van der Waals surface area contributed by atoms with Gasteiger partial charge in [-0.1, -0.05) is 20.8 Å². The summed E-state index contributed by atoms with van der Waals surface area (Å²) in [6.45, 7) is 8.42. The lowest BCUT2D eigenvalue weighted by Gasteiger charge is -2.33. The second-order valence-electron chi connectivity index (χ2n) is 10.9. The van der Waals surface area contributed by atoms with E-state index >= 15 is 0 Å². The van der Waals surface area contributed by atoms with Crippen LogP contribution in [-0.4, -0.2) is 22.2 Å². The summed E-state index contributed by atoms with van der Waals surface area (Å²) in [4.78, 5) is 17.0. The van der Waals surface area contributed by atoms with Crippen LogP contribution in [0.2, 0.25) is 0 Å². The first-order chi connectivity index (χ1) is 14.5. The van der Waals surface area contributed by atoms with E-state index in [4.69, 9.17) is 4.99 Å². The van der Waals surface area contributed by atoms with Crippen molar-refractivity contribution in [3.05, 3.63) is 29.3 Å². The number of Topliss-reactive ketones (excluding diaryl/α,β-unsaturated/α-hetero) is 1. The van der Waals surface area contributed by atoms with Crippen molar-refractivity contribution in [3.8, 4) is 0 Å². The molecule has 1 N–H and O–H groups in total. The van der Waals surface area contributed by atoms with Gasteiger partial charge in [0.1, 0.15) is 5.78 Å². The van der Waals surface area contributed by atoms with Crippen molar-refractivity contribution >= 4 is 17.2 Å². The van der Waals surface area contributed by atoms with Crippen LogP contribution < -0.4 is 0 Å². The lowest BCUT2D eigenvalue weighted by Crippen LogP contribution is -2.30. The fourth-order valence-corrected chi connectivity index (χ4v) is 4.70. The van der Waals surface area contributed by atoms with Crippen molar-refractivity contribution in [3.63, 3.8) is 0 Å². The van der Waals surface area contributed by atoms with Gasteiger partial charge >= 0.3 is 0 Å². The van der Waals surface area contributed by atoms with Crippen molar-refractivity contribution in [2.45, 2.75) is 97.5 Å². The van der Waals surface area contributed by atoms with Crippen LogP contribution in [0.3, 0.4) is 0 Å². The van der Waals surface area contributed by atoms with Crippen LogP contribution in [0, 0.1) is 28.9 Å². The minimum atomic E-state index is -0.858. The van der Waals surface area contributed by atoms with Crippen LogP contribution in [0.15, 0.2) is 17.1 Å². The van der Waals surface area contributed by atoms with Crippen molar-refractivity contribution in [1.29, 1.82) is 0 Å². The maximum atomic E-state index is 13.8. The van der Waals surface area contributed by atoms with Gasteiger partial charge in [-0.3, -0.25) is 9.79 Å². The summed E-state index contributed by atoms with van der Waals surface area (Å²) in [5, 5.41) is 10.4. The molecule has 2 atom stereocenters. The summed E-state index contributed by atoms with van der Waals surface area (Å²) in [6, 6.07) is 2.51. The molecule has 0 spiro atoms. The Hall–Kier alpha value is -1.62. The normalized spacial score (nSPS) is 23.2. The number of hydrogen-bond donors (Lipinski definition) is 1. The van der Waals surface area contributed by atoms with E-state index in [0.717, 1.165) is 56.2 Å². The van der Waals surface area contributed by atoms with Crippen LogP contribution >= 0.6 is 0 Å². The largest absolute Gasteiger partial charge is 0.389 e. The van der Waals surface area contributed by atoms with Crippen LogP contribution in [0.25, 0.3) is 0 Å². The van der Waals surface area contributed by atoms with Crippen molar-refractivity contribution in [1.82, 2.24) is 0 Å². The Balaban J connectivity index is 1.63. The minimum absolute atomic E-state index is 0.0984. The predicted molar refractivity (Wildman–Crippen MR) is 121 cm³/mol. The third-order valence-electron chi connectivity index (χ3n) is 7.05. The number of unbranched alkanes of at least 4 members (excludes halogenated alkanes) is 1. The maximum Gasteiger partial charge on any atom is 0.160 e. The number of aliphatic hydroxyl groups is 1. The van der Waals surface area contributed by atoms with E-state index in [0.29, 0.717) is 24.4 Å². The van der Waals surface area contributed by atoms with Gasteiger partial charge in [-0.25, -0.2) is 8.78 Å². The monoisotopic (exact) mass is 433 g/mol. The average Bonchev–Trinajstić information content (AvgIpc) is 3.48. The molecule has 2 aliphatic rings. The summed E-state index contributed by atoms with van der Waals surface area (Å²) in [6.07, 6.45) is 7.51. The molecule has 172 valence electrons. The summed E-state index contributed by atoms with van der Waals surface area (Å²) in [5.41, 5.74) is 1.55. The van der Waals surface area contributed by atoms with Crippen molar-refractivity contribution in [2.24, 2.45) is 22.2 Å². The highest BCUT2D eigenvalue weighted by molar-refractivity contribution is 5.88. The summed E-state index contributed by atoms with van der Waals surface area (Å²) in [5.74, 6) is -0.873. The Morgan fingerprint density at radius 1 is 1.06 bits per heavy atom. The van der Waals surface area contributed by atoms with E-state index in [9.17, 15) is 18.7 Å². The van der Waals surface area contributed by atoms with E-state index in [1.807, 2.05) is 0 Å². The molecule has 0 radical (unpaired) electrons. The Morgan fingerprint density at radius 2 is 1.74 bits per heavy atom. The first kappa shape index (κ1) is 24.0. The first-order valence-electron chi connectivity index (χ1n) is 11.7. The number of carbonyl (C=O) groups is 1. The first-order valence-corrected chi connectivity index (χ1v) is 11.7. The zero-order chi connectivity index (χ0) is 22.8. The molecule has 1 aliphatic heterocycles. The number of halogens is 2. The van der Waals surface area contributed by atoms with E-state index in [-0.39, 0.29) is 23.5 Å². The van der Waals surface area contributed by atoms with Gasteiger partial charge in [0.25, 0.3) is 0 Å². The Morgan fingerprint density at radius 3 is 2.39 bits per heavy atom. The number of aryl methyl sites for hydroxylation is 1. The highest BCUT2D eigenvalue weighted by Gasteiger charge is 2.40. The second kappa shape index (κ2) is 9.48. The van der Waals surface area contributed by atoms with Crippen molar-refractivity contribution < 1.29 is 18.7 Å². The maximum absolute atomic E-state index is 13.8. The Bertz CT molecular complexity index is 835. The SMILES string of the molecule is CC(C)(C)C1CCc2cc(F)c(F)cc2/N=C(/CCCCC(=O)CC(C)(O)C2CC2)C1. The second-order valence-corrected chi connectivity index (χ2v) is 10.9. The van der Waals surface area contributed by atoms with Gasteiger partial charge in [0.15, 0.2) is 11.6 Å². The number of nitrogens with zero attached hydrogens (tertiary/aromatic N) is 1. The molecule has 1 fully saturated rings. The fraction of sp³-hybridized carbons (Fsp3) is 0.692. The molecule has 0 aromatic heterocycles. The van der Waals surface area contributed by atoms with Gasteiger partial charge in [0.05, 0.1) is 11.3 Å². The number of fused-ring (bicyclic) bond motifs is 1. The number of carbonyl (C=O) groups excluding carboxylic acids is 1. The molecular weight excluding hydrogens is 396 g/mol. The molecule has 0 amide bonds. The average molecular weight is 434 g/mol. The molecule has 3 nitrogen and oxygen atoms in total. The molecule has 0 bridgehead atoms. The smallest absolute Gasteiger partial charge is 0.160 e. The highest BCUT2D eigenvalue weighted by Crippen LogP contribution is 2.41. The Kier molecular flexibility index (Phi) is 7.35. The van der Waals surface area contributed by atoms with E-state index in [1.165, 1.54) is 12.1 Å². The lowest BCUT2D eigenvalue weighted by molar-refractivity contribution is -0.124. The number of rotatable bonds is 8. The van der Waals surface area contributed by atoms with Crippen molar-refractivity contribution in [2.75, 3.05) is 0 Å². The molecule has 2 unspecified atom stereocenters. The van der Waals surface area contributed by atoms with E-state index in [2.05, 4.69) is 20.8 Å². The molecule has 1 saturated carbocycles. The van der Waals surface area contributed by atoms with Gasteiger partial charge in [-0.05, 0) is 87.2 Å². The van der Waals surface area contributed by atoms with E-state index in [1.54, 1.807) is 6.92 Å². The van der Waals surface area contributed by atoms with Gasteiger partial charge in [0.2, 0.25) is 0 Å². The van der Waals surface area contributed by atoms with Crippen LogP contribution in [-0.2, 0) is 11.2 Å². The summed E-state index contributed by atoms with van der Waals surface area (Å²) >= 11 is 0. The van der Waals surface area contributed by atoms with Gasteiger partial charge in [0, 0.05) is 24.6 Å². The minimum Gasteiger partial charge on any atom is -0.389 e. The topological polar surface area (TPSA) is 49.7 Å². The van der Waals surface area contributed by atoms with Gasteiger partial charge < -0.3 is 5.11 Å². The fourth-order valence-electron chi connectivity index (χ4n) is 4.70. The van der Waals surface area contributed by atoms with Crippen LogP contribution in [0.4, 0.5) is 14.5 Å². The molecule has 0 saturated heterocycles. The number of benzene rings is 1. The third-order valence-corrected chi connectivity index (χ3v) is 7.05. The molecule has 3 rings (SSSR count).